The number of nitrogens with zero attached hydrogens (tertiary/aromatic N) is 4. The van der Waals surface area contributed by atoms with Gasteiger partial charge in [-0.1, -0.05) is 24.3 Å². The van der Waals surface area contributed by atoms with Crippen LogP contribution in [0.4, 0.5) is 18.0 Å². The molecular formula is C26H29F3N4O3. The van der Waals surface area contributed by atoms with Crippen LogP contribution in [0.1, 0.15) is 39.2 Å². The molecule has 0 atom stereocenters. The normalized spacial score (nSPS) is 13.9. The topological polar surface area (TPSA) is 69.5 Å². The number of ether oxygens (including phenoxy) is 2. The van der Waals surface area contributed by atoms with Crippen molar-refractivity contribution >= 4 is 6.09 Å². The second-order valence-electron chi connectivity index (χ2n) is 9.87. The smallest absolute Gasteiger partial charge is 0.444 e. The van der Waals surface area contributed by atoms with E-state index in [0.29, 0.717) is 30.4 Å². The minimum absolute atomic E-state index is 0.279. The number of carbonyl (C=O) groups excluding carboxylic acids is 1. The van der Waals surface area contributed by atoms with E-state index in [9.17, 15) is 18.0 Å². The first kappa shape index (κ1) is 25.5. The molecule has 3 aromatic rings. The lowest BCUT2D eigenvalue weighted by molar-refractivity contribution is -0.274. The molecule has 1 heterocycles. The average Bonchev–Trinajstić information content (AvgIpc) is 3.48. The molecule has 4 rings (SSSR count). The fourth-order valence-electron chi connectivity index (χ4n) is 3.60. The monoisotopic (exact) mass is 502 g/mol. The number of aromatic nitrogens is 3. The highest BCUT2D eigenvalue weighted by atomic mass is 19.4. The Hall–Kier alpha value is -3.56. The van der Waals surface area contributed by atoms with E-state index in [1.165, 1.54) is 35.3 Å². The summed E-state index contributed by atoms with van der Waals surface area (Å²) in [4.78, 5) is 18.7. The number of halogens is 3. The van der Waals surface area contributed by atoms with E-state index < -0.39 is 12.0 Å². The van der Waals surface area contributed by atoms with Gasteiger partial charge in [0.2, 0.25) is 0 Å². The third-order valence-electron chi connectivity index (χ3n) is 5.54. The molecule has 1 amide bonds. The second kappa shape index (κ2) is 10.2. The van der Waals surface area contributed by atoms with Crippen LogP contribution in [-0.2, 0) is 11.2 Å². The molecule has 36 heavy (non-hydrogen) atoms. The number of hydrogen-bond acceptors (Lipinski definition) is 5. The highest BCUT2D eigenvalue weighted by molar-refractivity contribution is 5.68. The highest BCUT2D eigenvalue weighted by Crippen LogP contribution is 2.30. The SMILES string of the molecule is CC(C)(C)OC(=O)N(CCc1ccc(-c2ncn(-c3ccc(OC(F)(F)F)cc3)n2)cc1)CC1CC1. The summed E-state index contributed by atoms with van der Waals surface area (Å²) in [6.45, 7) is 6.90. The molecule has 0 bridgehead atoms. The van der Waals surface area contributed by atoms with Gasteiger partial charge >= 0.3 is 12.5 Å². The third-order valence-corrected chi connectivity index (χ3v) is 5.54. The largest absolute Gasteiger partial charge is 0.573 e. The Morgan fingerprint density at radius 1 is 1.06 bits per heavy atom. The van der Waals surface area contributed by atoms with Gasteiger partial charge in [0.05, 0.1) is 5.69 Å². The number of amides is 1. The minimum Gasteiger partial charge on any atom is -0.444 e. The van der Waals surface area contributed by atoms with Crippen molar-refractivity contribution in [3.8, 4) is 22.8 Å². The fraction of sp³-hybridized carbons (Fsp3) is 0.423. The zero-order valence-electron chi connectivity index (χ0n) is 20.5. The quantitative estimate of drug-likeness (QED) is 0.377. The zero-order valence-corrected chi connectivity index (χ0v) is 20.5. The Kier molecular flexibility index (Phi) is 7.23. The van der Waals surface area contributed by atoms with Crippen LogP contribution in [0.2, 0.25) is 0 Å². The van der Waals surface area contributed by atoms with Gasteiger partial charge in [-0.15, -0.1) is 18.3 Å². The van der Waals surface area contributed by atoms with Crippen molar-refractivity contribution in [3.63, 3.8) is 0 Å². The zero-order chi connectivity index (χ0) is 25.9. The number of alkyl halides is 3. The van der Waals surface area contributed by atoms with Crippen LogP contribution >= 0.6 is 0 Å². The molecule has 0 aliphatic heterocycles. The van der Waals surface area contributed by atoms with Gasteiger partial charge in [-0.2, -0.15) is 0 Å². The van der Waals surface area contributed by atoms with E-state index in [2.05, 4.69) is 14.8 Å². The van der Waals surface area contributed by atoms with E-state index in [1.54, 1.807) is 4.90 Å². The highest BCUT2D eigenvalue weighted by Gasteiger charge is 2.31. The van der Waals surface area contributed by atoms with Gasteiger partial charge in [0, 0.05) is 18.7 Å². The van der Waals surface area contributed by atoms with Crippen LogP contribution in [-0.4, -0.2) is 50.8 Å². The first-order valence-corrected chi connectivity index (χ1v) is 11.8. The maximum absolute atomic E-state index is 12.6. The molecule has 1 aliphatic carbocycles. The molecule has 0 saturated heterocycles. The minimum atomic E-state index is -4.74. The lowest BCUT2D eigenvalue weighted by atomic mass is 10.1. The molecular weight excluding hydrogens is 473 g/mol. The van der Waals surface area contributed by atoms with Gasteiger partial charge < -0.3 is 14.4 Å². The molecule has 0 spiro atoms. The van der Waals surface area contributed by atoms with Crippen molar-refractivity contribution in [2.75, 3.05) is 13.1 Å². The molecule has 1 aromatic heterocycles. The van der Waals surface area contributed by atoms with Gasteiger partial charge in [-0.05, 0) is 75.8 Å². The van der Waals surface area contributed by atoms with E-state index in [-0.39, 0.29) is 11.8 Å². The fourth-order valence-corrected chi connectivity index (χ4v) is 3.60. The number of carbonyl (C=O) groups is 1. The molecule has 10 heteroatoms. The Morgan fingerprint density at radius 2 is 1.72 bits per heavy atom. The van der Waals surface area contributed by atoms with Crippen molar-refractivity contribution in [1.29, 1.82) is 0 Å². The van der Waals surface area contributed by atoms with Crippen LogP contribution in [0.25, 0.3) is 17.1 Å². The maximum Gasteiger partial charge on any atom is 0.573 e. The first-order chi connectivity index (χ1) is 16.9. The average molecular weight is 503 g/mol. The summed E-state index contributed by atoms with van der Waals surface area (Å²) in [5.74, 6) is 0.750. The molecule has 192 valence electrons. The summed E-state index contributed by atoms with van der Waals surface area (Å²) in [6, 6.07) is 13.2. The predicted molar refractivity (Wildman–Crippen MR) is 128 cm³/mol. The van der Waals surface area contributed by atoms with Crippen LogP contribution < -0.4 is 4.74 Å². The molecule has 0 N–H and O–H groups in total. The molecule has 1 saturated carbocycles. The molecule has 7 nitrogen and oxygen atoms in total. The van der Waals surface area contributed by atoms with Gasteiger partial charge in [0.25, 0.3) is 0 Å². The number of benzene rings is 2. The summed E-state index contributed by atoms with van der Waals surface area (Å²) in [6.07, 6.45) is -0.518. The van der Waals surface area contributed by atoms with Crippen LogP contribution in [0.15, 0.2) is 54.9 Å². The van der Waals surface area contributed by atoms with E-state index in [0.717, 1.165) is 30.5 Å². The van der Waals surface area contributed by atoms with E-state index in [4.69, 9.17) is 4.74 Å². The Bertz CT molecular complexity index is 1160. The molecule has 1 fully saturated rings. The summed E-state index contributed by atoms with van der Waals surface area (Å²) in [7, 11) is 0. The van der Waals surface area contributed by atoms with Gasteiger partial charge in [-0.25, -0.2) is 14.5 Å². The van der Waals surface area contributed by atoms with E-state index >= 15 is 0 Å². The van der Waals surface area contributed by atoms with Crippen molar-refractivity contribution in [1.82, 2.24) is 19.7 Å². The maximum atomic E-state index is 12.6. The van der Waals surface area contributed by atoms with Crippen molar-refractivity contribution < 1.29 is 27.4 Å². The van der Waals surface area contributed by atoms with Gasteiger partial charge in [0.1, 0.15) is 17.7 Å². The lowest BCUT2D eigenvalue weighted by Crippen LogP contribution is -2.39. The number of rotatable bonds is 8. The van der Waals surface area contributed by atoms with Gasteiger partial charge in [-0.3, -0.25) is 0 Å². The summed E-state index contributed by atoms with van der Waals surface area (Å²) in [5.41, 5.74) is 1.90. The first-order valence-electron chi connectivity index (χ1n) is 11.8. The number of hydrogen-bond donors (Lipinski definition) is 0. The summed E-state index contributed by atoms with van der Waals surface area (Å²) >= 11 is 0. The van der Waals surface area contributed by atoms with Gasteiger partial charge in [0.15, 0.2) is 5.82 Å². The lowest BCUT2D eigenvalue weighted by Gasteiger charge is -2.27. The predicted octanol–water partition coefficient (Wildman–Crippen LogP) is 6.02. The van der Waals surface area contributed by atoms with Crippen molar-refractivity contribution in [3.05, 3.63) is 60.4 Å². The Balaban J connectivity index is 1.37. The van der Waals surface area contributed by atoms with Crippen molar-refractivity contribution in [2.45, 2.75) is 52.0 Å². The molecule has 0 radical (unpaired) electrons. The molecule has 1 aliphatic rings. The molecule has 2 aromatic carbocycles. The standard InChI is InChI=1S/C26H29F3N4O3/c1-25(2,3)36-24(34)32(16-19-4-5-19)15-14-18-6-8-20(9-7-18)23-30-17-33(31-23)21-10-12-22(13-11-21)35-26(27,28)29/h6-13,17,19H,4-5,14-16H2,1-3H3. The summed E-state index contributed by atoms with van der Waals surface area (Å²) in [5, 5.41) is 4.43. The van der Waals surface area contributed by atoms with Crippen LogP contribution in [0, 0.1) is 5.92 Å². The van der Waals surface area contributed by atoms with Crippen LogP contribution in [0.5, 0.6) is 5.75 Å². The Labute approximate surface area is 207 Å². The Morgan fingerprint density at radius 3 is 2.31 bits per heavy atom. The third kappa shape index (κ3) is 7.47. The van der Waals surface area contributed by atoms with Crippen molar-refractivity contribution in [2.24, 2.45) is 5.92 Å². The van der Waals surface area contributed by atoms with E-state index in [1.807, 2.05) is 45.0 Å². The second-order valence-corrected chi connectivity index (χ2v) is 9.87. The summed E-state index contributed by atoms with van der Waals surface area (Å²) < 4.78 is 48.0. The van der Waals surface area contributed by atoms with Crippen LogP contribution in [0.3, 0.4) is 0 Å². The molecule has 0 unspecified atom stereocenters.